The molecule has 1 heterocycles. The van der Waals surface area contributed by atoms with E-state index in [1.165, 1.54) is 0 Å². The van der Waals surface area contributed by atoms with Gasteiger partial charge in [0, 0.05) is 18.9 Å². The summed E-state index contributed by atoms with van der Waals surface area (Å²) in [5.41, 5.74) is 0. The largest absolute Gasteiger partial charge is 0.395 e. The summed E-state index contributed by atoms with van der Waals surface area (Å²) in [5, 5.41) is 11.5. The van der Waals surface area contributed by atoms with Crippen molar-refractivity contribution < 1.29 is 5.11 Å². The van der Waals surface area contributed by atoms with Gasteiger partial charge in [-0.25, -0.2) is 4.98 Å². The van der Waals surface area contributed by atoms with Gasteiger partial charge in [0.25, 0.3) is 0 Å². The van der Waals surface area contributed by atoms with E-state index in [2.05, 4.69) is 10.3 Å². The Kier molecular flexibility index (Phi) is 3.07. The molecule has 0 aliphatic carbocycles. The molecule has 4 nitrogen and oxygen atoms in total. The van der Waals surface area contributed by atoms with E-state index in [-0.39, 0.29) is 6.61 Å². The smallest absolute Gasteiger partial charge is 0.106 e. The van der Waals surface area contributed by atoms with E-state index in [1.807, 2.05) is 17.7 Å². The van der Waals surface area contributed by atoms with Crippen molar-refractivity contribution in [2.45, 2.75) is 13.6 Å². The molecule has 0 saturated heterocycles. The molecule has 0 unspecified atom stereocenters. The van der Waals surface area contributed by atoms with Gasteiger partial charge in [-0.2, -0.15) is 0 Å². The zero-order chi connectivity index (χ0) is 8.10. The molecule has 0 saturated carbocycles. The lowest BCUT2D eigenvalue weighted by molar-refractivity contribution is 0.286. The molecule has 4 heteroatoms. The summed E-state index contributed by atoms with van der Waals surface area (Å²) in [4.78, 5) is 4.06. The van der Waals surface area contributed by atoms with Gasteiger partial charge < -0.3 is 9.67 Å². The summed E-state index contributed by atoms with van der Waals surface area (Å²) >= 11 is 0. The maximum Gasteiger partial charge on any atom is 0.106 e. The summed E-state index contributed by atoms with van der Waals surface area (Å²) in [5.74, 6) is 0.982. The number of nitrogens with one attached hydrogen (secondary N) is 1. The van der Waals surface area contributed by atoms with Gasteiger partial charge >= 0.3 is 0 Å². The minimum Gasteiger partial charge on any atom is -0.395 e. The van der Waals surface area contributed by atoms with Crippen LogP contribution in [0.4, 0.5) is 0 Å². The predicted octanol–water partition coefficient (Wildman–Crippen LogP) is -0.269. The van der Waals surface area contributed by atoms with E-state index in [9.17, 15) is 0 Å². The van der Waals surface area contributed by atoms with Crippen molar-refractivity contribution in [3.8, 4) is 0 Å². The van der Waals surface area contributed by atoms with Crippen molar-refractivity contribution in [1.29, 1.82) is 0 Å². The SMILES string of the molecule is Cc1nccn1CNCCO. The molecular weight excluding hydrogens is 142 g/mol. The van der Waals surface area contributed by atoms with E-state index < -0.39 is 0 Å². The molecule has 0 aliphatic rings. The predicted molar refractivity (Wildman–Crippen MR) is 42.1 cm³/mol. The minimum absolute atomic E-state index is 0.174. The molecule has 0 radical (unpaired) electrons. The molecule has 2 N–H and O–H groups in total. The number of aliphatic hydroxyl groups is 1. The maximum absolute atomic E-state index is 8.48. The van der Waals surface area contributed by atoms with Crippen LogP contribution in [0.5, 0.6) is 0 Å². The second-order valence-corrected chi connectivity index (χ2v) is 2.33. The van der Waals surface area contributed by atoms with Gasteiger partial charge in [-0.15, -0.1) is 0 Å². The van der Waals surface area contributed by atoms with Gasteiger partial charge in [0.2, 0.25) is 0 Å². The van der Waals surface area contributed by atoms with Crippen LogP contribution in [0.2, 0.25) is 0 Å². The van der Waals surface area contributed by atoms with Gasteiger partial charge in [0.1, 0.15) is 5.82 Å². The Morgan fingerprint density at radius 1 is 1.73 bits per heavy atom. The third-order valence-corrected chi connectivity index (χ3v) is 1.49. The normalized spacial score (nSPS) is 10.4. The second kappa shape index (κ2) is 4.10. The van der Waals surface area contributed by atoms with Gasteiger partial charge in [-0.3, -0.25) is 5.32 Å². The second-order valence-electron chi connectivity index (χ2n) is 2.33. The first-order valence-corrected chi connectivity index (χ1v) is 3.64. The number of aromatic nitrogens is 2. The van der Waals surface area contributed by atoms with E-state index in [4.69, 9.17) is 5.11 Å². The number of aryl methyl sites for hydroxylation is 1. The van der Waals surface area contributed by atoms with Crippen LogP contribution in [-0.4, -0.2) is 27.8 Å². The van der Waals surface area contributed by atoms with Crippen LogP contribution < -0.4 is 5.32 Å². The zero-order valence-corrected chi connectivity index (χ0v) is 6.62. The zero-order valence-electron chi connectivity index (χ0n) is 6.62. The Labute approximate surface area is 65.9 Å². The Bertz CT molecular complexity index is 209. The average Bonchev–Trinajstić information content (AvgIpc) is 2.37. The highest BCUT2D eigenvalue weighted by Crippen LogP contribution is 1.91. The fourth-order valence-corrected chi connectivity index (χ4v) is 0.849. The molecular formula is C7H13N3O. The Balaban J connectivity index is 2.32. The van der Waals surface area contributed by atoms with E-state index in [1.54, 1.807) is 6.20 Å². The first-order valence-electron chi connectivity index (χ1n) is 3.64. The lowest BCUT2D eigenvalue weighted by atomic mass is 10.6. The van der Waals surface area contributed by atoms with Crippen LogP contribution in [0.15, 0.2) is 12.4 Å². The molecule has 0 spiro atoms. The number of hydrogen-bond acceptors (Lipinski definition) is 3. The number of hydrogen-bond donors (Lipinski definition) is 2. The van der Waals surface area contributed by atoms with Crippen molar-refractivity contribution in [1.82, 2.24) is 14.9 Å². The molecule has 0 atom stereocenters. The van der Waals surface area contributed by atoms with Gasteiger partial charge in [-0.1, -0.05) is 0 Å². The molecule has 1 rings (SSSR count). The standard InChI is InChI=1S/C7H13N3O/c1-7-9-2-4-10(7)6-8-3-5-11/h2,4,8,11H,3,5-6H2,1H3. The summed E-state index contributed by atoms with van der Waals surface area (Å²) in [7, 11) is 0. The summed E-state index contributed by atoms with van der Waals surface area (Å²) in [6, 6.07) is 0. The van der Waals surface area contributed by atoms with E-state index in [0.717, 1.165) is 5.82 Å². The Hall–Kier alpha value is -0.870. The van der Waals surface area contributed by atoms with Crippen molar-refractivity contribution >= 4 is 0 Å². The van der Waals surface area contributed by atoms with Crippen LogP contribution in [0.25, 0.3) is 0 Å². The number of nitrogens with zero attached hydrogens (tertiary/aromatic N) is 2. The quantitative estimate of drug-likeness (QED) is 0.588. The third kappa shape index (κ3) is 2.32. The molecule has 62 valence electrons. The minimum atomic E-state index is 0.174. The third-order valence-electron chi connectivity index (χ3n) is 1.49. The maximum atomic E-state index is 8.48. The van der Waals surface area contributed by atoms with Crippen LogP contribution >= 0.6 is 0 Å². The van der Waals surface area contributed by atoms with Gasteiger partial charge in [0.15, 0.2) is 0 Å². The first-order chi connectivity index (χ1) is 5.34. The topological polar surface area (TPSA) is 50.1 Å². The molecule has 1 aromatic rings. The highest BCUT2D eigenvalue weighted by molar-refractivity contribution is 4.87. The molecule has 0 bridgehead atoms. The molecule has 0 aliphatic heterocycles. The van der Waals surface area contributed by atoms with Crippen molar-refractivity contribution in [2.24, 2.45) is 0 Å². The number of aliphatic hydroxyl groups excluding tert-OH is 1. The number of rotatable bonds is 4. The van der Waals surface area contributed by atoms with E-state index in [0.29, 0.717) is 13.2 Å². The summed E-state index contributed by atoms with van der Waals surface area (Å²) in [6.45, 7) is 3.46. The Morgan fingerprint density at radius 2 is 2.55 bits per heavy atom. The Morgan fingerprint density at radius 3 is 3.09 bits per heavy atom. The fraction of sp³-hybridized carbons (Fsp3) is 0.571. The highest BCUT2D eigenvalue weighted by atomic mass is 16.3. The summed E-state index contributed by atoms with van der Waals surface area (Å²) < 4.78 is 1.98. The average molecular weight is 155 g/mol. The van der Waals surface area contributed by atoms with Crippen LogP contribution in [0.3, 0.4) is 0 Å². The monoisotopic (exact) mass is 155 g/mol. The number of imidazole rings is 1. The van der Waals surface area contributed by atoms with Crippen molar-refractivity contribution in [2.75, 3.05) is 13.2 Å². The first kappa shape index (κ1) is 8.23. The molecule has 1 aromatic heterocycles. The van der Waals surface area contributed by atoms with Crippen LogP contribution in [0.1, 0.15) is 5.82 Å². The fourth-order valence-electron chi connectivity index (χ4n) is 0.849. The molecule has 0 fully saturated rings. The van der Waals surface area contributed by atoms with E-state index >= 15 is 0 Å². The molecule has 0 amide bonds. The lowest BCUT2D eigenvalue weighted by Gasteiger charge is -2.04. The van der Waals surface area contributed by atoms with Gasteiger partial charge in [-0.05, 0) is 6.92 Å². The molecule has 11 heavy (non-hydrogen) atoms. The van der Waals surface area contributed by atoms with Crippen molar-refractivity contribution in [3.63, 3.8) is 0 Å². The summed E-state index contributed by atoms with van der Waals surface area (Å²) in [6.07, 6.45) is 3.66. The lowest BCUT2D eigenvalue weighted by Crippen LogP contribution is -2.21. The van der Waals surface area contributed by atoms with Crippen LogP contribution in [-0.2, 0) is 6.67 Å². The molecule has 0 aromatic carbocycles. The van der Waals surface area contributed by atoms with Crippen LogP contribution in [0, 0.1) is 6.92 Å². The van der Waals surface area contributed by atoms with Crippen molar-refractivity contribution in [3.05, 3.63) is 18.2 Å². The highest BCUT2D eigenvalue weighted by Gasteiger charge is 1.93. The van der Waals surface area contributed by atoms with Gasteiger partial charge in [0.05, 0.1) is 13.3 Å².